The summed E-state index contributed by atoms with van der Waals surface area (Å²) in [4.78, 5) is 46.5. The number of imide groups is 1. The molecule has 6 rings (SSSR count). The second-order valence-electron chi connectivity index (χ2n) is 10.7. The van der Waals surface area contributed by atoms with E-state index in [-0.39, 0.29) is 18.0 Å². The third-order valence-corrected chi connectivity index (χ3v) is 8.73. The molecule has 2 amide bonds. The minimum atomic E-state index is -0.671. The van der Waals surface area contributed by atoms with E-state index in [9.17, 15) is 14.4 Å². The van der Waals surface area contributed by atoms with Crippen LogP contribution in [0.5, 0.6) is 0 Å². The van der Waals surface area contributed by atoms with E-state index in [0.29, 0.717) is 17.7 Å². The van der Waals surface area contributed by atoms with Crippen molar-refractivity contribution in [1.82, 2.24) is 19.4 Å². The van der Waals surface area contributed by atoms with Crippen molar-refractivity contribution >= 4 is 40.0 Å². The molecule has 1 atom stereocenters. The molecule has 0 radical (unpaired) electrons. The number of imidazole rings is 1. The number of pyridine rings is 1. The molecule has 1 aromatic carbocycles. The Morgan fingerprint density at radius 2 is 1.68 bits per heavy atom. The number of carbonyl (C=O) groups excluding carboxylic acids is 2. The van der Waals surface area contributed by atoms with E-state index in [2.05, 4.69) is 32.2 Å². The molecule has 2 aromatic heterocycles. The number of para-hydroxylation sites is 1. The highest BCUT2D eigenvalue weighted by Gasteiger charge is 2.38. The smallest absolute Gasteiger partial charge is 0.329 e. The number of benzene rings is 1. The SMILES string of the molecule is Cn1c(=O)n([C@@H]2CCC(=O)NC2=O)c2cccc(N3CCC4(CCN(c5ccc(N)nc5)CC4)CC3)c21. The number of piperidine rings is 3. The quantitative estimate of drug-likeness (QED) is 0.526. The molecule has 3 aliphatic rings. The average Bonchev–Trinajstić information content (AvgIpc) is 3.16. The monoisotopic (exact) mass is 503 g/mol. The van der Waals surface area contributed by atoms with Gasteiger partial charge in [-0.15, -0.1) is 0 Å². The molecule has 3 aliphatic heterocycles. The number of aryl methyl sites for hydroxylation is 1. The number of amides is 2. The molecule has 3 N–H and O–H groups in total. The van der Waals surface area contributed by atoms with Gasteiger partial charge in [0, 0.05) is 39.6 Å². The Kier molecular flexibility index (Phi) is 5.69. The molecular weight excluding hydrogens is 470 g/mol. The summed E-state index contributed by atoms with van der Waals surface area (Å²) < 4.78 is 3.21. The molecule has 10 nitrogen and oxygen atoms in total. The van der Waals surface area contributed by atoms with Gasteiger partial charge in [-0.2, -0.15) is 0 Å². The van der Waals surface area contributed by atoms with Gasteiger partial charge < -0.3 is 15.5 Å². The average molecular weight is 504 g/mol. The van der Waals surface area contributed by atoms with Crippen LogP contribution in [0.2, 0.25) is 0 Å². The van der Waals surface area contributed by atoms with Crippen LogP contribution < -0.4 is 26.5 Å². The molecule has 3 fully saturated rings. The second kappa shape index (κ2) is 8.93. The molecule has 0 aliphatic carbocycles. The maximum Gasteiger partial charge on any atom is 0.329 e. The first-order chi connectivity index (χ1) is 17.8. The molecule has 37 heavy (non-hydrogen) atoms. The predicted octanol–water partition coefficient (Wildman–Crippen LogP) is 2.18. The van der Waals surface area contributed by atoms with Gasteiger partial charge in [0.15, 0.2) is 0 Å². The number of aromatic nitrogens is 3. The minimum absolute atomic E-state index is 0.227. The standard InChI is InChI=1S/C27H33N7O3/c1-31-24-19(3-2-4-20(24)34(26(31)37)21-6-8-23(35)30-25(21)36)33-15-11-27(12-16-33)9-13-32(14-10-27)18-5-7-22(28)29-17-18/h2-5,7,17,21H,6,8-16H2,1H3,(H2,28,29)(H,30,35,36)/t21-/m1/s1. The summed E-state index contributed by atoms with van der Waals surface area (Å²) in [6, 6.07) is 9.18. The largest absolute Gasteiger partial charge is 0.384 e. The van der Waals surface area contributed by atoms with Crippen LogP contribution in [-0.4, -0.2) is 52.1 Å². The third-order valence-electron chi connectivity index (χ3n) is 8.73. The van der Waals surface area contributed by atoms with Gasteiger partial charge in [0.25, 0.3) is 0 Å². The van der Waals surface area contributed by atoms with Crippen LogP contribution in [0.1, 0.15) is 44.6 Å². The lowest BCUT2D eigenvalue weighted by atomic mass is 9.71. The Labute approximate surface area is 215 Å². The van der Waals surface area contributed by atoms with Crippen LogP contribution in [-0.2, 0) is 16.6 Å². The molecular formula is C27H33N7O3. The number of nitrogens with one attached hydrogen (secondary N) is 1. The zero-order chi connectivity index (χ0) is 25.7. The van der Waals surface area contributed by atoms with E-state index in [1.807, 2.05) is 24.4 Å². The van der Waals surface area contributed by atoms with Crippen molar-refractivity contribution in [2.75, 3.05) is 41.7 Å². The Morgan fingerprint density at radius 3 is 2.32 bits per heavy atom. The van der Waals surface area contributed by atoms with Crippen molar-refractivity contribution in [3.05, 3.63) is 47.0 Å². The first-order valence-electron chi connectivity index (χ1n) is 13.1. The lowest BCUT2D eigenvalue weighted by Gasteiger charge is -2.48. The Bertz CT molecular complexity index is 1410. The summed E-state index contributed by atoms with van der Waals surface area (Å²) >= 11 is 0. The summed E-state index contributed by atoms with van der Waals surface area (Å²) in [5, 5.41) is 2.39. The topological polar surface area (TPSA) is 118 Å². The Balaban J connectivity index is 1.20. The first kappa shape index (κ1) is 23.6. The molecule has 10 heteroatoms. The van der Waals surface area contributed by atoms with Crippen molar-refractivity contribution in [3.8, 4) is 0 Å². The van der Waals surface area contributed by atoms with Crippen molar-refractivity contribution in [2.45, 2.75) is 44.6 Å². The molecule has 1 spiro atoms. The van der Waals surface area contributed by atoms with E-state index in [0.717, 1.165) is 74.3 Å². The fourth-order valence-corrected chi connectivity index (χ4v) is 6.45. The van der Waals surface area contributed by atoms with Crippen LogP contribution in [0.3, 0.4) is 0 Å². The van der Waals surface area contributed by atoms with Crippen LogP contribution in [0, 0.1) is 5.41 Å². The molecule has 3 aromatic rings. The zero-order valence-electron chi connectivity index (χ0n) is 21.2. The Morgan fingerprint density at radius 1 is 0.973 bits per heavy atom. The molecule has 0 bridgehead atoms. The maximum absolute atomic E-state index is 13.3. The van der Waals surface area contributed by atoms with Crippen LogP contribution in [0.4, 0.5) is 17.2 Å². The molecule has 3 saturated heterocycles. The fourth-order valence-electron chi connectivity index (χ4n) is 6.45. The van der Waals surface area contributed by atoms with Gasteiger partial charge in [0.1, 0.15) is 11.9 Å². The summed E-state index contributed by atoms with van der Waals surface area (Å²) in [5.41, 5.74) is 9.61. The van der Waals surface area contributed by atoms with Gasteiger partial charge in [0.05, 0.1) is 28.6 Å². The van der Waals surface area contributed by atoms with E-state index in [1.165, 1.54) is 0 Å². The van der Waals surface area contributed by atoms with Crippen molar-refractivity contribution in [2.24, 2.45) is 12.5 Å². The first-order valence-corrected chi connectivity index (χ1v) is 13.1. The number of nitrogens with two attached hydrogens (primary N) is 1. The van der Waals surface area contributed by atoms with E-state index in [1.54, 1.807) is 16.2 Å². The maximum atomic E-state index is 13.3. The van der Waals surface area contributed by atoms with Crippen molar-refractivity contribution in [3.63, 3.8) is 0 Å². The number of carbonyl (C=O) groups is 2. The van der Waals surface area contributed by atoms with Gasteiger partial charge in [-0.3, -0.25) is 24.0 Å². The van der Waals surface area contributed by atoms with Gasteiger partial charge in [-0.1, -0.05) is 6.07 Å². The lowest BCUT2D eigenvalue weighted by molar-refractivity contribution is -0.135. The number of nitrogen functional groups attached to an aromatic ring is 1. The van der Waals surface area contributed by atoms with Gasteiger partial charge in [-0.05, 0) is 61.8 Å². The highest BCUT2D eigenvalue weighted by atomic mass is 16.2. The van der Waals surface area contributed by atoms with Gasteiger partial charge >= 0.3 is 5.69 Å². The summed E-state index contributed by atoms with van der Waals surface area (Å²) in [7, 11) is 1.77. The third kappa shape index (κ3) is 4.04. The zero-order valence-corrected chi connectivity index (χ0v) is 21.2. The highest BCUT2D eigenvalue weighted by Crippen LogP contribution is 2.43. The van der Waals surface area contributed by atoms with Crippen LogP contribution in [0.25, 0.3) is 11.0 Å². The molecule has 0 unspecified atom stereocenters. The van der Waals surface area contributed by atoms with Crippen LogP contribution in [0.15, 0.2) is 41.3 Å². The van der Waals surface area contributed by atoms with E-state index < -0.39 is 11.9 Å². The van der Waals surface area contributed by atoms with Crippen LogP contribution >= 0.6 is 0 Å². The molecule has 5 heterocycles. The van der Waals surface area contributed by atoms with Crippen molar-refractivity contribution < 1.29 is 9.59 Å². The van der Waals surface area contributed by atoms with Gasteiger partial charge in [0.2, 0.25) is 11.8 Å². The Hall–Kier alpha value is -3.82. The number of hydrogen-bond acceptors (Lipinski definition) is 7. The number of nitrogens with zero attached hydrogens (tertiary/aromatic N) is 5. The lowest BCUT2D eigenvalue weighted by Crippen LogP contribution is -2.47. The number of anilines is 3. The van der Waals surface area contributed by atoms with E-state index in [4.69, 9.17) is 5.73 Å². The second-order valence-corrected chi connectivity index (χ2v) is 10.7. The minimum Gasteiger partial charge on any atom is -0.384 e. The molecule has 0 saturated carbocycles. The number of rotatable bonds is 3. The molecule has 194 valence electrons. The van der Waals surface area contributed by atoms with Crippen molar-refractivity contribution in [1.29, 1.82) is 0 Å². The van der Waals surface area contributed by atoms with E-state index >= 15 is 0 Å². The number of fused-ring (bicyclic) bond motifs is 1. The fraction of sp³-hybridized carbons (Fsp3) is 0.481. The summed E-state index contributed by atoms with van der Waals surface area (Å²) in [5.74, 6) is -0.143. The summed E-state index contributed by atoms with van der Waals surface area (Å²) in [6.45, 7) is 3.90. The van der Waals surface area contributed by atoms with Gasteiger partial charge in [-0.25, -0.2) is 9.78 Å². The summed E-state index contributed by atoms with van der Waals surface area (Å²) in [6.07, 6.45) is 6.96. The normalized spacial score (nSPS) is 22.0. The number of hydrogen-bond donors (Lipinski definition) is 2. The highest BCUT2D eigenvalue weighted by molar-refractivity contribution is 6.00. The predicted molar refractivity (Wildman–Crippen MR) is 143 cm³/mol.